The van der Waals surface area contributed by atoms with Gasteiger partial charge in [0.15, 0.2) is 5.65 Å². The molecule has 4 heterocycles. The summed E-state index contributed by atoms with van der Waals surface area (Å²) < 4.78 is 1.97. The molecule has 3 N–H and O–H groups in total. The minimum atomic E-state index is 0.0429. The third-order valence-electron chi connectivity index (χ3n) is 5.78. The van der Waals surface area contributed by atoms with Crippen LogP contribution in [0.1, 0.15) is 38.4 Å². The molecule has 0 aliphatic heterocycles. The lowest BCUT2D eigenvalue weighted by molar-refractivity contribution is -0.119. The van der Waals surface area contributed by atoms with Gasteiger partial charge in [-0.3, -0.25) is 9.20 Å². The maximum absolute atomic E-state index is 11.2. The van der Waals surface area contributed by atoms with Crippen molar-refractivity contribution in [1.82, 2.24) is 34.9 Å². The number of rotatable bonds is 4. The zero-order chi connectivity index (χ0) is 20.7. The predicted octanol–water partition coefficient (Wildman–Crippen LogP) is 2.84. The average molecular weight is 404 g/mol. The molecule has 1 aliphatic rings. The van der Waals surface area contributed by atoms with E-state index in [2.05, 4.69) is 35.8 Å². The van der Waals surface area contributed by atoms with E-state index in [1.165, 1.54) is 0 Å². The van der Waals surface area contributed by atoms with Gasteiger partial charge in [-0.2, -0.15) is 4.98 Å². The van der Waals surface area contributed by atoms with Gasteiger partial charge in [0, 0.05) is 54.1 Å². The number of H-pyrrole nitrogens is 1. The van der Waals surface area contributed by atoms with Crippen molar-refractivity contribution >= 4 is 28.5 Å². The molecule has 1 aliphatic carbocycles. The Bertz CT molecular complexity index is 1220. The molecule has 30 heavy (non-hydrogen) atoms. The minimum Gasteiger partial charge on any atom is -0.354 e. The number of carbonyl (C=O) groups excluding carboxylic acids is 1. The fourth-order valence-electron chi connectivity index (χ4n) is 4.23. The molecule has 0 atom stereocenters. The van der Waals surface area contributed by atoms with Crippen molar-refractivity contribution in [3.63, 3.8) is 0 Å². The minimum absolute atomic E-state index is 0.0429. The van der Waals surface area contributed by atoms with Crippen LogP contribution in [0, 0.1) is 6.92 Å². The van der Waals surface area contributed by atoms with Crippen molar-refractivity contribution in [2.24, 2.45) is 0 Å². The second kappa shape index (κ2) is 7.40. The number of aromatic amines is 1. The lowest BCUT2D eigenvalue weighted by Crippen LogP contribution is -2.39. The van der Waals surface area contributed by atoms with Crippen LogP contribution in [0.3, 0.4) is 0 Å². The topological polar surface area (TPSA) is 113 Å². The Kier molecular flexibility index (Phi) is 4.57. The number of nitrogens with one attached hydrogen (secondary N) is 3. The molecule has 4 aromatic heterocycles. The SMILES string of the molecule is CC(=O)N[C@H]1CC[C@H](Nc2ncc3c(-c4ccc5nnc(C)n5c4)c[nH]c3n2)CC1. The maximum atomic E-state index is 11.2. The number of aryl methyl sites for hydroxylation is 1. The van der Waals surface area contributed by atoms with Gasteiger partial charge in [-0.05, 0) is 44.7 Å². The van der Waals surface area contributed by atoms with E-state index in [4.69, 9.17) is 0 Å². The summed E-state index contributed by atoms with van der Waals surface area (Å²) in [5.41, 5.74) is 3.72. The normalized spacial score (nSPS) is 19.3. The van der Waals surface area contributed by atoms with Crippen molar-refractivity contribution in [3.8, 4) is 11.1 Å². The predicted molar refractivity (Wildman–Crippen MR) is 114 cm³/mol. The zero-order valence-electron chi connectivity index (χ0n) is 17.0. The highest BCUT2D eigenvalue weighted by atomic mass is 16.1. The number of anilines is 1. The number of hydrogen-bond acceptors (Lipinski definition) is 6. The lowest BCUT2D eigenvalue weighted by Gasteiger charge is -2.29. The first-order chi connectivity index (χ1) is 14.6. The standard InChI is InChI=1S/C21H24N8O/c1-12-27-28-19-8-3-14(11-29(12)19)17-9-22-20-18(17)10-23-21(26-20)25-16-6-4-15(5-7-16)24-13(2)30/h3,8-11,15-16H,4-7H2,1-2H3,(H,24,30)(H2,22,23,25,26)/t15-,16-. The molecule has 9 heteroatoms. The van der Waals surface area contributed by atoms with E-state index >= 15 is 0 Å². The summed E-state index contributed by atoms with van der Waals surface area (Å²) in [5.74, 6) is 1.52. The van der Waals surface area contributed by atoms with Gasteiger partial charge >= 0.3 is 0 Å². The van der Waals surface area contributed by atoms with Gasteiger partial charge in [0.25, 0.3) is 0 Å². The Labute approximate surface area is 173 Å². The average Bonchev–Trinajstić information content (AvgIpc) is 3.32. The van der Waals surface area contributed by atoms with Crippen LogP contribution in [0.5, 0.6) is 0 Å². The summed E-state index contributed by atoms with van der Waals surface area (Å²) in [6.45, 7) is 3.51. The molecule has 4 aromatic rings. The number of carbonyl (C=O) groups is 1. The Morgan fingerprint density at radius 2 is 1.97 bits per heavy atom. The van der Waals surface area contributed by atoms with Crippen LogP contribution >= 0.6 is 0 Å². The van der Waals surface area contributed by atoms with Crippen LogP contribution in [0.2, 0.25) is 0 Å². The molecular formula is C21H24N8O. The Hall–Kier alpha value is -3.49. The van der Waals surface area contributed by atoms with E-state index in [1.54, 1.807) is 6.92 Å². The van der Waals surface area contributed by atoms with Crippen LogP contribution in [0.15, 0.2) is 30.7 Å². The highest BCUT2D eigenvalue weighted by Gasteiger charge is 2.22. The van der Waals surface area contributed by atoms with Crippen molar-refractivity contribution in [1.29, 1.82) is 0 Å². The second-order valence-electron chi connectivity index (χ2n) is 7.94. The summed E-state index contributed by atoms with van der Waals surface area (Å²) in [4.78, 5) is 23.7. The number of hydrogen-bond donors (Lipinski definition) is 3. The van der Waals surface area contributed by atoms with Crippen LogP contribution in [-0.2, 0) is 4.79 Å². The van der Waals surface area contributed by atoms with Crippen LogP contribution in [0.25, 0.3) is 27.8 Å². The van der Waals surface area contributed by atoms with E-state index < -0.39 is 0 Å². The molecule has 154 valence electrons. The monoisotopic (exact) mass is 404 g/mol. The smallest absolute Gasteiger partial charge is 0.224 e. The largest absolute Gasteiger partial charge is 0.354 e. The highest BCUT2D eigenvalue weighted by molar-refractivity contribution is 5.93. The third kappa shape index (κ3) is 3.47. The van der Waals surface area contributed by atoms with Gasteiger partial charge in [0.1, 0.15) is 11.5 Å². The van der Waals surface area contributed by atoms with Gasteiger partial charge in [-0.15, -0.1) is 10.2 Å². The Balaban J connectivity index is 1.34. The van der Waals surface area contributed by atoms with Crippen molar-refractivity contribution in [2.75, 3.05) is 5.32 Å². The van der Waals surface area contributed by atoms with Crippen LogP contribution < -0.4 is 10.6 Å². The molecule has 0 spiro atoms. The molecule has 0 bridgehead atoms. The summed E-state index contributed by atoms with van der Waals surface area (Å²) >= 11 is 0. The summed E-state index contributed by atoms with van der Waals surface area (Å²) in [6, 6.07) is 4.59. The Morgan fingerprint density at radius 3 is 2.77 bits per heavy atom. The van der Waals surface area contributed by atoms with E-state index in [0.29, 0.717) is 12.0 Å². The molecule has 9 nitrogen and oxygen atoms in total. The molecule has 0 saturated heterocycles. The molecule has 0 radical (unpaired) electrons. The van der Waals surface area contributed by atoms with E-state index in [1.807, 2.05) is 42.0 Å². The van der Waals surface area contributed by atoms with Crippen LogP contribution in [-0.4, -0.2) is 47.5 Å². The van der Waals surface area contributed by atoms with E-state index in [9.17, 15) is 4.79 Å². The number of aromatic nitrogens is 6. The van der Waals surface area contributed by atoms with Crippen molar-refractivity contribution < 1.29 is 4.79 Å². The molecular weight excluding hydrogens is 380 g/mol. The third-order valence-corrected chi connectivity index (χ3v) is 5.78. The quantitative estimate of drug-likeness (QED) is 0.482. The molecule has 1 fully saturated rings. The van der Waals surface area contributed by atoms with E-state index in [0.717, 1.165) is 59.3 Å². The molecule has 0 unspecified atom stereocenters. The van der Waals surface area contributed by atoms with Gasteiger partial charge < -0.3 is 15.6 Å². The number of amides is 1. The second-order valence-corrected chi connectivity index (χ2v) is 7.94. The van der Waals surface area contributed by atoms with Gasteiger partial charge in [-0.1, -0.05) is 0 Å². The highest BCUT2D eigenvalue weighted by Crippen LogP contribution is 2.29. The number of fused-ring (bicyclic) bond motifs is 2. The molecule has 1 amide bonds. The summed E-state index contributed by atoms with van der Waals surface area (Å²) in [6.07, 6.45) is 9.77. The van der Waals surface area contributed by atoms with Crippen molar-refractivity contribution in [3.05, 3.63) is 36.5 Å². The van der Waals surface area contributed by atoms with E-state index in [-0.39, 0.29) is 11.9 Å². The van der Waals surface area contributed by atoms with Crippen molar-refractivity contribution in [2.45, 2.75) is 51.6 Å². The van der Waals surface area contributed by atoms with Gasteiger partial charge in [-0.25, -0.2) is 4.98 Å². The van der Waals surface area contributed by atoms with Gasteiger partial charge in [0.2, 0.25) is 11.9 Å². The number of nitrogens with zero attached hydrogens (tertiary/aromatic N) is 5. The van der Waals surface area contributed by atoms with Gasteiger partial charge in [0.05, 0.1) is 0 Å². The zero-order valence-corrected chi connectivity index (χ0v) is 17.0. The first-order valence-corrected chi connectivity index (χ1v) is 10.3. The molecule has 5 rings (SSSR count). The maximum Gasteiger partial charge on any atom is 0.224 e. The molecule has 1 saturated carbocycles. The number of pyridine rings is 1. The summed E-state index contributed by atoms with van der Waals surface area (Å²) in [5, 5.41) is 15.7. The fraction of sp³-hybridized carbons (Fsp3) is 0.381. The Morgan fingerprint density at radius 1 is 1.17 bits per heavy atom. The fourth-order valence-corrected chi connectivity index (χ4v) is 4.23. The summed E-state index contributed by atoms with van der Waals surface area (Å²) in [7, 11) is 0. The first-order valence-electron chi connectivity index (χ1n) is 10.3. The van der Waals surface area contributed by atoms with Crippen LogP contribution in [0.4, 0.5) is 5.95 Å². The first kappa shape index (κ1) is 18.5. The lowest BCUT2D eigenvalue weighted by atomic mass is 9.91. The molecule has 0 aromatic carbocycles.